The van der Waals surface area contributed by atoms with Crippen LogP contribution in [0.4, 0.5) is 4.79 Å². The van der Waals surface area contributed by atoms with Crippen LogP contribution in [0, 0.1) is 0 Å². The standard InChI is InChI=1S/C19H26N4O4S/c1-28-17-20-14(11-15(24)21-17)16(25)22-9-5-13(6-10-22)23-12-19(27-18(23)26)7-3-2-4-8-19/h11,13H,2-10,12H2,1H3,(H,20,21,24). The number of likely N-dealkylation sites (tertiary alicyclic amines) is 1. The predicted octanol–water partition coefficient (Wildman–Crippen LogP) is 2.25. The van der Waals surface area contributed by atoms with Crippen LogP contribution in [0.5, 0.6) is 0 Å². The molecule has 1 saturated carbocycles. The maximum Gasteiger partial charge on any atom is 0.410 e. The molecule has 1 N–H and O–H groups in total. The van der Waals surface area contributed by atoms with Crippen molar-refractivity contribution in [3.63, 3.8) is 0 Å². The van der Waals surface area contributed by atoms with E-state index < -0.39 is 0 Å². The number of aromatic amines is 1. The molecule has 152 valence electrons. The Morgan fingerprint density at radius 3 is 2.64 bits per heavy atom. The van der Waals surface area contributed by atoms with Crippen LogP contribution in [0.15, 0.2) is 16.0 Å². The molecular formula is C19H26N4O4S. The lowest BCUT2D eigenvalue weighted by molar-refractivity contribution is 0.0259. The molecule has 2 saturated heterocycles. The van der Waals surface area contributed by atoms with Gasteiger partial charge in [0.25, 0.3) is 11.5 Å². The maximum atomic E-state index is 12.8. The number of H-pyrrole nitrogens is 1. The predicted molar refractivity (Wildman–Crippen MR) is 105 cm³/mol. The van der Waals surface area contributed by atoms with Crippen molar-refractivity contribution in [2.45, 2.75) is 61.7 Å². The molecule has 3 fully saturated rings. The zero-order chi connectivity index (χ0) is 19.7. The first-order valence-electron chi connectivity index (χ1n) is 9.94. The fourth-order valence-corrected chi connectivity index (χ4v) is 4.96. The SMILES string of the molecule is CSc1nc(C(=O)N2CCC(N3CC4(CCCCC4)OC3=O)CC2)cc(=O)[nH]1. The van der Waals surface area contributed by atoms with Crippen LogP contribution >= 0.6 is 11.8 Å². The molecule has 9 heteroatoms. The van der Waals surface area contributed by atoms with Gasteiger partial charge in [0, 0.05) is 25.2 Å². The van der Waals surface area contributed by atoms with Gasteiger partial charge in [-0.25, -0.2) is 9.78 Å². The third kappa shape index (κ3) is 3.76. The minimum absolute atomic E-state index is 0.103. The molecule has 1 aromatic rings. The van der Waals surface area contributed by atoms with E-state index >= 15 is 0 Å². The number of hydrogen-bond donors (Lipinski definition) is 1. The van der Waals surface area contributed by atoms with Crippen LogP contribution < -0.4 is 5.56 Å². The van der Waals surface area contributed by atoms with Gasteiger partial charge in [0.2, 0.25) is 0 Å². The van der Waals surface area contributed by atoms with Gasteiger partial charge in [-0.1, -0.05) is 18.2 Å². The second-order valence-electron chi connectivity index (χ2n) is 7.90. The largest absolute Gasteiger partial charge is 0.441 e. The Hall–Kier alpha value is -2.03. The van der Waals surface area contributed by atoms with E-state index in [1.165, 1.54) is 24.2 Å². The molecule has 2 amide bonds. The average molecular weight is 407 g/mol. The number of aromatic nitrogens is 2. The Kier molecular flexibility index (Phi) is 5.35. The lowest BCUT2D eigenvalue weighted by Crippen LogP contribution is -2.48. The van der Waals surface area contributed by atoms with E-state index in [1.807, 2.05) is 4.90 Å². The van der Waals surface area contributed by atoms with Gasteiger partial charge in [-0.15, -0.1) is 0 Å². The molecule has 1 aromatic heterocycles. The summed E-state index contributed by atoms with van der Waals surface area (Å²) in [5.74, 6) is -0.229. The van der Waals surface area contributed by atoms with E-state index in [9.17, 15) is 14.4 Å². The second kappa shape index (κ2) is 7.77. The minimum atomic E-state index is -0.324. The number of carbonyl (C=O) groups is 2. The smallest absolute Gasteiger partial charge is 0.410 e. The molecule has 0 radical (unpaired) electrons. The van der Waals surface area contributed by atoms with Crippen molar-refractivity contribution in [1.82, 2.24) is 19.8 Å². The van der Waals surface area contributed by atoms with E-state index in [1.54, 1.807) is 11.2 Å². The monoisotopic (exact) mass is 406 g/mol. The van der Waals surface area contributed by atoms with Gasteiger partial charge in [0.1, 0.15) is 11.3 Å². The van der Waals surface area contributed by atoms with Crippen LogP contribution in [-0.2, 0) is 4.74 Å². The van der Waals surface area contributed by atoms with Gasteiger partial charge in [-0.2, -0.15) is 0 Å². The van der Waals surface area contributed by atoms with Crippen molar-refractivity contribution in [2.75, 3.05) is 25.9 Å². The highest BCUT2D eigenvalue weighted by Gasteiger charge is 2.48. The van der Waals surface area contributed by atoms with Crippen LogP contribution in [0.2, 0.25) is 0 Å². The first kappa shape index (κ1) is 19.3. The Morgan fingerprint density at radius 2 is 1.96 bits per heavy atom. The summed E-state index contributed by atoms with van der Waals surface area (Å²) in [6.45, 7) is 1.77. The number of thioether (sulfide) groups is 1. The molecule has 1 spiro atoms. The first-order chi connectivity index (χ1) is 13.5. The highest BCUT2D eigenvalue weighted by Crippen LogP contribution is 2.38. The zero-order valence-electron chi connectivity index (χ0n) is 16.1. The summed E-state index contributed by atoms with van der Waals surface area (Å²) in [5.41, 5.74) is -0.436. The molecule has 3 heterocycles. The number of nitrogens with zero attached hydrogens (tertiary/aromatic N) is 3. The molecule has 8 nitrogen and oxygen atoms in total. The zero-order valence-corrected chi connectivity index (χ0v) is 16.9. The number of carbonyl (C=O) groups excluding carboxylic acids is 2. The van der Waals surface area contributed by atoms with E-state index in [0.29, 0.717) is 24.8 Å². The highest BCUT2D eigenvalue weighted by atomic mass is 32.2. The summed E-state index contributed by atoms with van der Waals surface area (Å²) in [6.07, 6.45) is 8.40. The number of ether oxygens (including phenoxy) is 1. The maximum absolute atomic E-state index is 12.8. The van der Waals surface area contributed by atoms with Crippen LogP contribution in [0.25, 0.3) is 0 Å². The number of rotatable bonds is 3. The second-order valence-corrected chi connectivity index (χ2v) is 8.70. The summed E-state index contributed by atoms with van der Waals surface area (Å²) in [7, 11) is 0. The Bertz CT molecular complexity index is 812. The van der Waals surface area contributed by atoms with Crippen molar-refractivity contribution in [1.29, 1.82) is 0 Å². The van der Waals surface area contributed by atoms with Gasteiger partial charge in [0.05, 0.1) is 6.54 Å². The molecule has 2 aliphatic heterocycles. The van der Waals surface area contributed by atoms with Crippen molar-refractivity contribution >= 4 is 23.8 Å². The fourth-order valence-electron chi connectivity index (χ4n) is 4.57. The Balaban J connectivity index is 1.38. The molecule has 0 aromatic carbocycles. The minimum Gasteiger partial charge on any atom is -0.441 e. The summed E-state index contributed by atoms with van der Waals surface area (Å²) in [4.78, 5) is 47.4. The summed E-state index contributed by atoms with van der Waals surface area (Å²) in [6, 6.07) is 1.35. The lowest BCUT2D eigenvalue weighted by atomic mass is 9.84. The summed E-state index contributed by atoms with van der Waals surface area (Å²) < 4.78 is 5.79. The van der Waals surface area contributed by atoms with Gasteiger partial charge in [0.15, 0.2) is 5.16 Å². The molecule has 0 unspecified atom stereocenters. The molecule has 28 heavy (non-hydrogen) atoms. The van der Waals surface area contributed by atoms with Gasteiger partial charge >= 0.3 is 6.09 Å². The quantitative estimate of drug-likeness (QED) is 0.611. The van der Waals surface area contributed by atoms with Crippen LogP contribution in [0.3, 0.4) is 0 Å². The highest BCUT2D eigenvalue weighted by molar-refractivity contribution is 7.98. The van der Waals surface area contributed by atoms with E-state index in [4.69, 9.17) is 4.74 Å². The van der Waals surface area contributed by atoms with Gasteiger partial charge in [-0.3, -0.25) is 9.59 Å². The van der Waals surface area contributed by atoms with Crippen molar-refractivity contribution in [3.05, 3.63) is 22.1 Å². The van der Waals surface area contributed by atoms with E-state index in [2.05, 4.69) is 9.97 Å². The molecule has 3 aliphatic rings. The van der Waals surface area contributed by atoms with Crippen LogP contribution in [0.1, 0.15) is 55.4 Å². The fraction of sp³-hybridized carbons (Fsp3) is 0.684. The van der Waals surface area contributed by atoms with E-state index in [0.717, 1.165) is 38.5 Å². The number of hydrogen-bond acceptors (Lipinski definition) is 6. The molecular weight excluding hydrogens is 380 g/mol. The van der Waals surface area contributed by atoms with Gasteiger partial charge in [-0.05, 0) is 44.8 Å². The van der Waals surface area contributed by atoms with Crippen molar-refractivity contribution in [3.8, 4) is 0 Å². The molecule has 0 atom stereocenters. The molecule has 1 aliphatic carbocycles. The average Bonchev–Trinajstić information content (AvgIpc) is 3.03. The Labute approximate surface area is 168 Å². The third-order valence-electron chi connectivity index (χ3n) is 6.09. The number of nitrogens with one attached hydrogen (secondary N) is 1. The first-order valence-corrected chi connectivity index (χ1v) is 11.2. The Morgan fingerprint density at radius 1 is 1.25 bits per heavy atom. The van der Waals surface area contributed by atoms with Gasteiger partial charge < -0.3 is 19.5 Å². The number of piperidine rings is 1. The normalized spacial score (nSPS) is 22.5. The van der Waals surface area contributed by atoms with Crippen molar-refractivity contribution < 1.29 is 14.3 Å². The summed E-state index contributed by atoms with van der Waals surface area (Å²) >= 11 is 1.29. The third-order valence-corrected chi connectivity index (χ3v) is 6.67. The lowest BCUT2D eigenvalue weighted by Gasteiger charge is -2.36. The van der Waals surface area contributed by atoms with Crippen LogP contribution in [-0.4, -0.2) is 69.3 Å². The van der Waals surface area contributed by atoms with Crippen molar-refractivity contribution in [2.24, 2.45) is 0 Å². The number of amides is 2. The summed E-state index contributed by atoms with van der Waals surface area (Å²) in [5, 5.41) is 0.434. The molecule has 4 rings (SSSR count). The molecule has 0 bridgehead atoms. The topological polar surface area (TPSA) is 95.6 Å². The van der Waals surface area contributed by atoms with E-state index in [-0.39, 0.29) is 34.9 Å².